The molecule has 0 spiro atoms. The Kier molecular flexibility index (Phi) is 5.02. The molecule has 2 aromatic rings. The Hall–Kier alpha value is -2.83. The van der Waals surface area contributed by atoms with Crippen molar-refractivity contribution >= 4 is 11.8 Å². The molecule has 3 rings (SSSR count). The lowest BCUT2D eigenvalue weighted by Gasteiger charge is -2.20. The van der Waals surface area contributed by atoms with Gasteiger partial charge in [-0.15, -0.1) is 0 Å². The lowest BCUT2D eigenvalue weighted by Crippen LogP contribution is -2.31. The minimum Gasteiger partial charge on any atom is -0.454 e. The molecule has 0 bridgehead atoms. The first-order chi connectivity index (χ1) is 12.0. The summed E-state index contributed by atoms with van der Waals surface area (Å²) < 4.78 is 5.25. The van der Waals surface area contributed by atoms with Crippen LogP contribution in [0, 0.1) is 6.92 Å². The number of H-pyrrole nitrogens is 1. The summed E-state index contributed by atoms with van der Waals surface area (Å²) in [4.78, 5) is 47.3. The Labute approximate surface area is 144 Å². The number of aromatic nitrogens is 3. The first-order valence-corrected chi connectivity index (χ1v) is 8.28. The number of esters is 1. The lowest BCUT2D eigenvalue weighted by molar-refractivity contribution is -0.156. The highest BCUT2D eigenvalue weighted by Gasteiger charge is 2.26. The van der Waals surface area contributed by atoms with E-state index in [4.69, 9.17) is 4.74 Å². The molecule has 1 N–H and O–H groups in total. The number of ketones is 1. The predicted molar refractivity (Wildman–Crippen MR) is 89.9 cm³/mol. The summed E-state index contributed by atoms with van der Waals surface area (Å²) in [6.07, 6.45) is 3.42. The lowest BCUT2D eigenvalue weighted by atomic mass is 9.96. The summed E-state index contributed by atoms with van der Waals surface area (Å²) in [6, 6.07) is 5.30. The van der Waals surface area contributed by atoms with E-state index in [-0.39, 0.29) is 17.8 Å². The van der Waals surface area contributed by atoms with Gasteiger partial charge in [-0.1, -0.05) is 6.07 Å². The van der Waals surface area contributed by atoms with Crippen LogP contribution in [0.25, 0.3) is 11.5 Å². The zero-order valence-corrected chi connectivity index (χ0v) is 13.9. The summed E-state index contributed by atoms with van der Waals surface area (Å²) in [5, 5.41) is 0. The second-order valence-corrected chi connectivity index (χ2v) is 6.06. The van der Waals surface area contributed by atoms with Crippen LogP contribution in [0.5, 0.6) is 0 Å². The third-order valence-corrected chi connectivity index (χ3v) is 4.22. The van der Waals surface area contributed by atoms with Crippen molar-refractivity contribution in [3.05, 3.63) is 46.0 Å². The molecule has 1 aliphatic carbocycles. The SMILES string of the molecule is Cc1nc(-c2ccccn2)[nH]c(=O)c1CC(=O)OC1CCCCC1=O. The first kappa shape index (κ1) is 17.0. The topological polar surface area (TPSA) is 102 Å². The molecular formula is C18H19N3O4. The number of aromatic amines is 1. The maximum Gasteiger partial charge on any atom is 0.311 e. The van der Waals surface area contributed by atoms with Gasteiger partial charge in [0.05, 0.1) is 6.42 Å². The van der Waals surface area contributed by atoms with Crippen molar-refractivity contribution < 1.29 is 14.3 Å². The molecule has 0 amide bonds. The maximum atomic E-state index is 12.3. The van der Waals surface area contributed by atoms with Crippen molar-refractivity contribution in [2.45, 2.75) is 45.1 Å². The zero-order chi connectivity index (χ0) is 17.8. The quantitative estimate of drug-likeness (QED) is 0.850. The second kappa shape index (κ2) is 7.38. The number of carbonyl (C=O) groups excluding carboxylic acids is 2. The summed E-state index contributed by atoms with van der Waals surface area (Å²) >= 11 is 0. The highest BCUT2D eigenvalue weighted by molar-refractivity contribution is 5.86. The third-order valence-electron chi connectivity index (χ3n) is 4.22. The van der Waals surface area contributed by atoms with Crippen LogP contribution in [-0.2, 0) is 20.7 Å². The highest BCUT2D eigenvalue weighted by atomic mass is 16.5. The Morgan fingerprint density at radius 3 is 2.84 bits per heavy atom. The largest absolute Gasteiger partial charge is 0.454 e. The van der Waals surface area contributed by atoms with Gasteiger partial charge in [0.15, 0.2) is 17.7 Å². The van der Waals surface area contributed by atoms with Gasteiger partial charge >= 0.3 is 5.97 Å². The molecule has 25 heavy (non-hydrogen) atoms. The van der Waals surface area contributed by atoms with E-state index in [2.05, 4.69) is 15.0 Å². The maximum absolute atomic E-state index is 12.3. The van der Waals surface area contributed by atoms with Crippen molar-refractivity contribution in [1.29, 1.82) is 0 Å². The molecule has 0 aliphatic heterocycles. The van der Waals surface area contributed by atoms with Gasteiger partial charge in [-0.05, 0) is 38.3 Å². The molecule has 1 saturated carbocycles. The molecule has 2 heterocycles. The van der Waals surface area contributed by atoms with Crippen molar-refractivity contribution in [3.63, 3.8) is 0 Å². The predicted octanol–water partition coefficient (Wildman–Crippen LogP) is 1.74. The minimum absolute atomic E-state index is 0.0474. The van der Waals surface area contributed by atoms with Crippen LogP contribution in [0.2, 0.25) is 0 Å². The van der Waals surface area contributed by atoms with Crippen LogP contribution in [0.4, 0.5) is 0 Å². The number of Topliss-reactive ketones (excluding diaryl/α,β-unsaturated/α-hetero) is 1. The Morgan fingerprint density at radius 2 is 2.16 bits per heavy atom. The zero-order valence-electron chi connectivity index (χ0n) is 13.9. The average molecular weight is 341 g/mol. The molecule has 130 valence electrons. The van der Waals surface area contributed by atoms with Gasteiger partial charge in [0.1, 0.15) is 5.69 Å². The van der Waals surface area contributed by atoms with Crippen LogP contribution in [0.1, 0.15) is 36.9 Å². The number of pyridine rings is 1. The van der Waals surface area contributed by atoms with E-state index in [0.717, 1.165) is 12.8 Å². The number of nitrogens with one attached hydrogen (secondary N) is 1. The number of ether oxygens (including phenoxy) is 1. The van der Waals surface area contributed by atoms with Crippen LogP contribution in [-0.4, -0.2) is 32.8 Å². The van der Waals surface area contributed by atoms with E-state index in [1.165, 1.54) is 0 Å². The summed E-state index contributed by atoms with van der Waals surface area (Å²) in [5.41, 5.74) is 0.828. The van der Waals surface area contributed by atoms with Gasteiger partial charge in [0.2, 0.25) is 0 Å². The molecule has 0 radical (unpaired) electrons. The van der Waals surface area contributed by atoms with Gasteiger partial charge in [-0.25, -0.2) is 4.98 Å². The van der Waals surface area contributed by atoms with Gasteiger partial charge in [-0.2, -0.15) is 0 Å². The number of nitrogens with zero attached hydrogens (tertiary/aromatic N) is 2. The van der Waals surface area contributed by atoms with Crippen molar-refractivity contribution in [1.82, 2.24) is 15.0 Å². The number of aryl methyl sites for hydroxylation is 1. The number of carbonyl (C=O) groups is 2. The van der Waals surface area contributed by atoms with E-state index in [0.29, 0.717) is 30.1 Å². The van der Waals surface area contributed by atoms with E-state index in [9.17, 15) is 14.4 Å². The summed E-state index contributed by atoms with van der Waals surface area (Å²) in [6.45, 7) is 1.66. The Bertz CT molecular complexity index is 845. The number of hydrogen-bond donors (Lipinski definition) is 1. The normalized spacial score (nSPS) is 17.3. The molecule has 0 aromatic carbocycles. The minimum atomic E-state index is -0.679. The van der Waals surface area contributed by atoms with Crippen molar-refractivity contribution in [2.75, 3.05) is 0 Å². The smallest absolute Gasteiger partial charge is 0.311 e. The fourth-order valence-electron chi connectivity index (χ4n) is 2.86. The molecule has 7 heteroatoms. The van der Waals surface area contributed by atoms with Gasteiger partial charge in [0.25, 0.3) is 5.56 Å². The number of hydrogen-bond acceptors (Lipinski definition) is 6. The standard InChI is InChI=1S/C18H19N3O4/c1-11-12(10-16(23)25-15-8-3-2-7-14(15)22)18(24)21-17(20-11)13-6-4-5-9-19-13/h4-6,9,15H,2-3,7-8,10H2,1H3,(H,20,21,24). The molecule has 1 aliphatic rings. The van der Waals surface area contributed by atoms with Crippen LogP contribution >= 0.6 is 0 Å². The van der Waals surface area contributed by atoms with Crippen LogP contribution in [0.15, 0.2) is 29.2 Å². The molecular weight excluding hydrogens is 322 g/mol. The Balaban J connectivity index is 1.75. The monoisotopic (exact) mass is 341 g/mol. The molecule has 2 aromatic heterocycles. The van der Waals surface area contributed by atoms with E-state index in [1.807, 2.05) is 0 Å². The summed E-state index contributed by atoms with van der Waals surface area (Å²) in [7, 11) is 0. The first-order valence-electron chi connectivity index (χ1n) is 8.28. The second-order valence-electron chi connectivity index (χ2n) is 6.06. The van der Waals surface area contributed by atoms with Crippen molar-refractivity contribution in [2.24, 2.45) is 0 Å². The average Bonchev–Trinajstić information content (AvgIpc) is 2.61. The number of rotatable bonds is 4. The van der Waals surface area contributed by atoms with Crippen molar-refractivity contribution in [3.8, 4) is 11.5 Å². The Morgan fingerprint density at radius 1 is 1.32 bits per heavy atom. The third kappa shape index (κ3) is 3.99. The van der Waals surface area contributed by atoms with Crippen LogP contribution < -0.4 is 5.56 Å². The molecule has 1 atom stereocenters. The van der Waals surface area contributed by atoms with E-state index in [1.54, 1.807) is 31.3 Å². The summed E-state index contributed by atoms with van der Waals surface area (Å²) in [5.74, 6) is -0.280. The van der Waals surface area contributed by atoms with Gasteiger partial charge < -0.3 is 9.72 Å². The van der Waals surface area contributed by atoms with Gasteiger partial charge in [0, 0.05) is 23.9 Å². The van der Waals surface area contributed by atoms with Crippen LogP contribution in [0.3, 0.4) is 0 Å². The van der Waals surface area contributed by atoms with E-state index >= 15 is 0 Å². The fraction of sp³-hybridized carbons (Fsp3) is 0.389. The molecule has 7 nitrogen and oxygen atoms in total. The highest BCUT2D eigenvalue weighted by Crippen LogP contribution is 2.18. The van der Waals surface area contributed by atoms with E-state index < -0.39 is 17.6 Å². The fourth-order valence-corrected chi connectivity index (χ4v) is 2.86. The molecule has 0 saturated heterocycles. The van der Waals surface area contributed by atoms with Gasteiger partial charge in [-0.3, -0.25) is 19.4 Å². The molecule has 1 fully saturated rings. The molecule has 1 unspecified atom stereocenters.